The van der Waals surface area contributed by atoms with Gasteiger partial charge in [-0.1, -0.05) is 12.1 Å². The molecule has 0 amide bonds. The van der Waals surface area contributed by atoms with Gasteiger partial charge in [0.1, 0.15) is 5.82 Å². The summed E-state index contributed by atoms with van der Waals surface area (Å²) in [5.41, 5.74) is -1.08. The van der Waals surface area contributed by atoms with Crippen molar-refractivity contribution in [2.75, 3.05) is 0 Å². The number of hydrogen-bond acceptors (Lipinski definition) is 5. The second-order valence-corrected chi connectivity index (χ2v) is 9.54. The molecule has 0 aliphatic carbocycles. The van der Waals surface area contributed by atoms with Crippen LogP contribution in [0.4, 0.5) is 8.78 Å². The van der Waals surface area contributed by atoms with E-state index in [2.05, 4.69) is 0 Å². The van der Waals surface area contributed by atoms with Crippen LogP contribution in [0, 0.1) is 11.6 Å². The van der Waals surface area contributed by atoms with E-state index in [-0.39, 0.29) is 5.56 Å². The van der Waals surface area contributed by atoms with Crippen molar-refractivity contribution in [2.24, 2.45) is 0 Å². The first-order valence-electron chi connectivity index (χ1n) is 5.95. The maximum Gasteiger partial charge on any atom is 0.267 e. The van der Waals surface area contributed by atoms with Crippen molar-refractivity contribution in [1.82, 2.24) is 0 Å². The minimum absolute atomic E-state index is 0.292. The molecule has 0 atom stereocenters. The van der Waals surface area contributed by atoms with E-state index in [9.17, 15) is 30.4 Å². The van der Waals surface area contributed by atoms with E-state index >= 15 is 0 Å². The normalized spacial score (nSPS) is 12.2. The van der Waals surface area contributed by atoms with Crippen LogP contribution < -0.4 is 0 Å². The summed E-state index contributed by atoms with van der Waals surface area (Å²) in [6, 6.07) is 5.61. The molecule has 2 aromatic rings. The standard InChI is InChI=1S/C13H6Cl2F2O5S2/c14-23(19,20)8-3-1-2-7(6-8)12(18)9-4-5-10(16)13(11(9)17)24(15,21)22/h1-6H. The summed E-state index contributed by atoms with van der Waals surface area (Å²) in [6.45, 7) is 0. The van der Waals surface area contributed by atoms with Gasteiger partial charge in [0.15, 0.2) is 16.5 Å². The van der Waals surface area contributed by atoms with Gasteiger partial charge >= 0.3 is 0 Å². The molecule has 0 radical (unpaired) electrons. The molecule has 0 saturated carbocycles. The van der Waals surface area contributed by atoms with Gasteiger partial charge in [-0.05, 0) is 24.3 Å². The van der Waals surface area contributed by atoms with E-state index in [0.29, 0.717) is 6.07 Å². The molecule has 0 aromatic heterocycles. The highest BCUT2D eigenvalue weighted by Gasteiger charge is 2.27. The van der Waals surface area contributed by atoms with Gasteiger partial charge in [-0.15, -0.1) is 0 Å². The van der Waals surface area contributed by atoms with E-state index in [1.165, 1.54) is 6.07 Å². The highest BCUT2D eigenvalue weighted by molar-refractivity contribution is 8.14. The third-order valence-electron chi connectivity index (χ3n) is 2.92. The lowest BCUT2D eigenvalue weighted by Crippen LogP contribution is -2.10. The first-order chi connectivity index (χ1) is 10.9. The summed E-state index contributed by atoms with van der Waals surface area (Å²) in [6.07, 6.45) is 0. The van der Waals surface area contributed by atoms with Crippen LogP contribution in [0.3, 0.4) is 0 Å². The molecule has 2 rings (SSSR count). The molecule has 0 unspecified atom stereocenters. The van der Waals surface area contributed by atoms with Crippen LogP contribution in [-0.2, 0) is 18.1 Å². The fraction of sp³-hybridized carbons (Fsp3) is 0. The molecule has 0 heterocycles. The van der Waals surface area contributed by atoms with Crippen molar-refractivity contribution in [3.63, 3.8) is 0 Å². The smallest absolute Gasteiger partial charge is 0.267 e. The summed E-state index contributed by atoms with van der Waals surface area (Å²) in [5.74, 6) is -4.21. The molecule has 5 nitrogen and oxygen atoms in total. The molecule has 0 saturated heterocycles. The van der Waals surface area contributed by atoms with Crippen LogP contribution in [0.2, 0.25) is 0 Å². The Morgan fingerprint density at radius 3 is 2.08 bits per heavy atom. The van der Waals surface area contributed by atoms with Crippen molar-refractivity contribution in [3.05, 3.63) is 59.2 Å². The molecule has 0 spiro atoms. The fourth-order valence-corrected chi connectivity index (χ4v) is 3.72. The summed E-state index contributed by atoms with van der Waals surface area (Å²) in [5, 5.41) is 0. The average molecular weight is 415 g/mol. The lowest BCUT2D eigenvalue weighted by Gasteiger charge is -2.07. The Morgan fingerprint density at radius 1 is 0.917 bits per heavy atom. The predicted molar refractivity (Wildman–Crippen MR) is 82.3 cm³/mol. The Kier molecular flexibility index (Phi) is 5.01. The molecule has 0 N–H and O–H groups in total. The van der Waals surface area contributed by atoms with Gasteiger partial charge in [0.05, 0.1) is 10.5 Å². The molecule has 24 heavy (non-hydrogen) atoms. The number of hydrogen-bond donors (Lipinski definition) is 0. The molecular weight excluding hydrogens is 409 g/mol. The highest BCUT2D eigenvalue weighted by Crippen LogP contribution is 2.27. The number of benzene rings is 2. The Morgan fingerprint density at radius 2 is 1.54 bits per heavy atom. The van der Waals surface area contributed by atoms with Gasteiger partial charge in [0.2, 0.25) is 0 Å². The van der Waals surface area contributed by atoms with Gasteiger partial charge in [0.25, 0.3) is 18.1 Å². The molecule has 11 heteroatoms. The third-order valence-corrected chi connectivity index (χ3v) is 5.59. The van der Waals surface area contributed by atoms with Crippen molar-refractivity contribution >= 4 is 45.2 Å². The first-order valence-corrected chi connectivity index (χ1v) is 10.6. The Balaban J connectivity index is 2.65. The van der Waals surface area contributed by atoms with Gasteiger partial charge in [-0.3, -0.25) is 4.79 Å². The fourth-order valence-electron chi connectivity index (χ4n) is 1.88. The molecule has 128 valence electrons. The van der Waals surface area contributed by atoms with Crippen molar-refractivity contribution in [1.29, 1.82) is 0 Å². The third kappa shape index (κ3) is 3.75. The number of carbonyl (C=O) groups excluding carboxylic acids is 1. The minimum atomic E-state index is -4.78. The molecule has 0 aliphatic heterocycles. The minimum Gasteiger partial charge on any atom is -0.288 e. The van der Waals surface area contributed by atoms with Crippen molar-refractivity contribution in [3.8, 4) is 0 Å². The molecule has 0 bridgehead atoms. The van der Waals surface area contributed by atoms with Crippen molar-refractivity contribution in [2.45, 2.75) is 9.79 Å². The Labute approximate surface area is 144 Å². The number of halogens is 4. The topological polar surface area (TPSA) is 85.3 Å². The van der Waals surface area contributed by atoms with Crippen LogP contribution in [0.1, 0.15) is 15.9 Å². The molecule has 0 aliphatic rings. The van der Waals surface area contributed by atoms with E-state index < -0.39 is 50.9 Å². The van der Waals surface area contributed by atoms with Crippen LogP contribution in [0.15, 0.2) is 46.2 Å². The Hall–Kier alpha value is -1.55. The number of carbonyl (C=O) groups is 1. The largest absolute Gasteiger partial charge is 0.288 e. The summed E-state index contributed by atoms with van der Waals surface area (Å²) >= 11 is 0. The predicted octanol–water partition coefficient (Wildman–Crippen LogP) is 3.05. The summed E-state index contributed by atoms with van der Waals surface area (Å²) in [7, 11) is 1.20. The first kappa shape index (κ1) is 18.8. The summed E-state index contributed by atoms with van der Waals surface area (Å²) in [4.78, 5) is 10.4. The average Bonchev–Trinajstić information content (AvgIpc) is 2.44. The van der Waals surface area contributed by atoms with Gasteiger partial charge in [-0.25, -0.2) is 25.6 Å². The zero-order valence-electron chi connectivity index (χ0n) is 11.3. The number of ketones is 1. The monoisotopic (exact) mass is 414 g/mol. The molecular formula is C13H6Cl2F2O5S2. The zero-order chi connectivity index (χ0) is 18.3. The second-order valence-electron chi connectivity index (χ2n) is 4.47. The van der Waals surface area contributed by atoms with E-state index in [4.69, 9.17) is 21.4 Å². The lowest BCUT2D eigenvalue weighted by molar-refractivity contribution is 0.103. The highest BCUT2D eigenvalue weighted by atomic mass is 35.7. The summed E-state index contributed by atoms with van der Waals surface area (Å²) < 4.78 is 72.8. The van der Waals surface area contributed by atoms with Crippen molar-refractivity contribution < 1.29 is 30.4 Å². The second kappa shape index (κ2) is 6.40. The van der Waals surface area contributed by atoms with Crippen LogP contribution in [0.5, 0.6) is 0 Å². The number of rotatable bonds is 4. The zero-order valence-corrected chi connectivity index (χ0v) is 14.5. The van der Waals surface area contributed by atoms with Gasteiger partial charge < -0.3 is 0 Å². The maximum absolute atomic E-state index is 14.2. The SMILES string of the molecule is O=C(c1cccc(S(=O)(=O)Cl)c1)c1ccc(F)c(S(=O)(=O)Cl)c1F. The molecule has 0 fully saturated rings. The molecule has 2 aromatic carbocycles. The lowest BCUT2D eigenvalue weighted by atomic mass is 10.0. The van der Waals surface area contributed by atoms with E-state index in [1.807, 2.05) is 0 Å². The van der Waals surface area contributed by atoms with Gasteiger partial charge in [-0.2, -0.15) is 0 Å². The Bertz CT molecular complexity index is 1050. The van der Waals surface area contributed by atoms with E-state index in [1.54, 1.807) is 0 Å². The van der Waals surface area contributed by atoms with Crippen LogP contribution >= 0.6 is 21.4 Å². The van der Waals surface area contributed by atoms with E-state index in [0.717, 1.165) is 24.3 Å². The maximum atomic E-state index is 14.2. The van der Waals surface area contributed by atoms with Crippen LogP contribution in [-0.4, -0.2) is 22.6 Å². The van der Waals surface area contributed by atoms with Gasteiger partial charge in [0, 0.05) is 26.9 Å². The quantitative estimate of drug-likeness (QED) is 0.566. The van der Waals surface area contributed by atoms with Crippen LogP contribution in [0.25, 0.3) is 0 Å².